The summed E-state index contributed by atoms with van der Waals surface area (Å²) in [6.07, 6.45) is 7.75. The summed E-state index contributed by atoms with van der Waals surface area (Å²) < 4.78 is 0. The van der Waals surface area contributed by atoms with E-state index in [2.05, 4.69) is 5.32 Å². The van der Waals surface area contributed by atoms with E-state index in [-0.39, 0.29) is 12.5 Å². The predicted molar refractivity (Wildman–Crippen MR) is 74.1 cm³/mol. The SMILES string of the molecule is O=C(O)[C@H]1CCCC[C@H]1C(=O)NC1(CO)CCCCC1. The van der Waals surface area contributed by atoms with Gasteiger partial charge in [0.15, 0.2) is 0 Å². The van der Waals surface area contributed by atoms with Crippen LogP contribution in [-0.4, -0.2) is 34.2 Å². The van der Waals surface area contributed by atoms with Crippen molar-refractivity contribution in [2.75, 3.05) is 6.61 Å². The van der Waals surface area contributed by atoms with Gasteiger partial charge in [-0.05, 0) is 25.7 Å². The maximum atomic E-state index is 12.5. The molecule has 0 unspecified atom stereocenters. The number of aliphatic carboxylic acids is 1. The van der Waals surface area contributed by atoms with E-state index >= 15 is 0 Å². The van der Waals surface area contributed by atoms with Gasteiger partial charge in [0, 0.05) is 0 Å². The van der Waals surface area contributed by atoms with Crippen LogP contribution in [0, 0.1) is 11.8 Å². The summed E-state index contributed by atoms with van der Waals surface area (Å²) in [6.45, 7) is -0.0524. The van der Waals surface area contributed by atoms with E-state index in [1.807, 2.05) is 0 Å². The van der Waals surface area contributed by atoms with E-state index in [1.165, 1.54) is 0 Å². The zero-order chi connectivity index (χ0) is 14.6. The van der Waals surface area contributed by atoms with E-state index in [0.717, 1.165) is 44.9 Å². The number of nitrogens with one attached hydrogen (secondary N) is 1. The Labute approximate surface area is 119 Å². The van der Waals surface area contributed by atoms with E-state index in [4.69, 9.17) is 0 Å². The highest BCUT2D eigenvalue weighted by Gasteiger charge is 2.40. The monoisotopic (exact) mass is 283 g/mol. The Hall–Kier alpha value is -1.10. The number of aliphatic hydroxyl groups excluding tert-OH is 1. The highest BCUT2D eigenvalue weighted by atomic mass is 16.4. The maximum Gasteiger partial charge on any atom is 0.307 e. The van der Waals surface area contributed by atoms with Crippen molar-refractivity contribution in [3.63, 3.8) is 0 Å². The molecular formula is C15H25NO4. The predicted octanol–water partition coefficient (Wildman–Crippen LogP) is 1.69. The lowest BCUT2D eigenvalue weighted by molar-refractivity contribution is -0.149. The molecule has 2 atom stereocenters. The molecule has 1 amide bonds. The average molecular weight is 283 g/mol. The molecule has 0 bridgehead atoms. The fourth-order valence-electron chi connectivity index (χ4n) is 3.65. The van der Waals surface area contributed by atoms with Gasteiger partial charge >= 0.3 is 5.97 Å². The normalized spacial score (nSPS) is 29.6. The zero-order valence-electron chi connectivity index (χ0n) is 11.9. The van der Waals surface area contributed by atoms with Crippen LogP contribution < -0.4 is 5.32 Å². The lowest BCUT2D eigenvalue weighted by Gasteiger charge is -2.39. The Morgan fingerprint density at radius 3 is 2.15 bits per heavy atom. The highest BCUT2D eigenvalue weighted by Crippen LogP contribution is 2.33. The number of hydrogen-bond acceptors (Lipinski definition) is 3. The number of carbonyl (C=O) groups excluding carboxylic acids is 1. The molecule has 2 aliphatic carbocycles. The summed E-state index contributed by atoms with van der Waals surface area (Å²) in [5.74, 6) is -2.05. The maximum absolute atomic E-state index is 12.5. The van der Waals surface area contributed by atoms with Crippen LogP contribution in [0.25, 0.3) is 0 Å². The molecule has 0 radical (unpaired) electrons. The van der Waals surface area contributed by atoms with Crippen LogP contribution in [0.5, 0.6) is 0 Å². The second-order valence-corrected chi connectivity index (χ2v) is 6.32. The number of carbonyl (C=O) groups is 2. The second kappa shape index (κ2) is 6.57. The van der Waals surface area contributed by atoms with Gasteiger partial charge in [0.25, 0.3) is 0 Å². The van der Waals surface area contributed by atoms with Crippen LogP contribution >= 0.6 is 0 Å². The molecule has 0 heterocycles. The van der Waals surface area contributed by atoms with Crippen molar-refractivity contribution in [1.82, 2.24) is 5.32 Å². The van der Waals surface area contributed by atoms with Gasteiger partial charge in [-0.3, -0.25) is 9.59 Å². The summed E-state index contributed by atoms with van der Waals surface area (Å²) >= 11 is 0. The molecule has 5 nitrogen and oxygen atoms in total. The molecule has 0 saturated heterocycles. The molecule has 2 aliphatic rings. The summed E-state index contributed by atoms with van der Waals surface area (Å²) in [5, 5.41) is 21.9. The fourth-order valence-corrected chi connectivity index (χ4v) is 3.65. The Morgan fingerprint density at radius 1 is 1.00 bits per heavy atom. The van der Waals surface area contributed by atoms with Crippen LogP contribution in [-0.2, 0) is 9.59 Å². The summed E-state index contributed by atoms with van der Waals surface area (Å²) in [6, 6.07) is 0. The third-order valence-electron chi connectivity index (χ3n) is 4.92. The Bertz CT molecular complexity index is 363. The van der Waals surface area contributed by atoms with Crippen LogP contribution in [0.15, 0.2) is 0 Å². The van der Waals surface area contributed by atoms with Crippen molar-refractivity contribution >= 4 is 11.9 Å². The lowest BCUT2D eigenvalue weighted by Crippen LogP contribution is -2.55. The largest absolute Gasteiger partial charge is 0.481 e. The van der Waals surface area contributed by atoms with E-state index in [9.17, 15) is 19.8 Å². The quantitative estimate of drug-likeness (QED) is 0.732. The number of aliphatic hydroxyl groups is 1. The molecule has 5 heteroatoms. The molecule has 2 saturated carbocycles. The molecule has 0 aromatic carbocycles. The van der Waals surface area contributed by atoms with E-state index < -0.39 is 23.3 Å². The Kier molecular flexibility index (Phi) is 5.02. The van der Waals surface area contributed by atoms with Gasteiger partial charge in [0.05, 0.1) is 24.0 Å². The molecule has 0 aromatic rings. The topological polar surface area (TPSA) is 86.6 Å². The average Bonchev–Trinajstić information content (AvgIpc) is 2.48. The summed E-state index contributed by atoms with van der Waals surface area (Å²) in [5.41, 5.74) is -0.518. The van der Waals surface area contributed by atoms with E-state index in [1.54, 1.807) is 0 Å². The van der Waals surface area contributed by atoms with Crippen molar-refractivity contribution in [2.24, 2.45) is 11.8 Å². The van der Waals surface area contributed by atoms with Gasteiger partial charge < -0.3 is 15.5 Å². The highest BCUT2D eigenvalue weighted by molar-refractivity contribution is 5.85. The first-order valence-corrected chi connectivity index (χ1v) is 7.74. The molecule has 3 N–H and O–H groups in total. The molecule has 20 heavy (non-hydrogen) atoms. The third-order valence-corrected chi connectivity index (χ3v) is 4.92. The molecule has 2 rings (SSSR count). The molecule has 114 valence electrons. The molecule has 0 aliphatic heterocycles. The van der Waals surface area contributed by atoms with Crippen molar-refractivity contribution < 1.29 is 19.8 Å². The molecule has 0 spiro atoms. The lowest BCUT2D eigenvalue weighted by atomic mass is 9.77. The minimum atomic E-state index is -0.869. The van der Waals surface area contributed by atoms with Crippen molar-refractivity contribution in [2.45, 2.75) is 63.3 Å². The van der Waals surface area contributed by atoms with Crippen molar-refractivity contribution in [3.8, 4) is 0 Å². The van der Waals surface area contributed by atoms with Crippen molar-refractivity contribution in [1.29, 1.82) is 0 Å². The van der Waals surface area contributed by atoms with Crippen LogP contribution in [0.3, 0.4) is 0 Å². The number of hydrogen-bond donors (Lipinski definition) is 3. The standard InChI is InChI=1S/C15H25NO4/c17-10-15(8-4-1-5-9-15)16-13(18)11-6-2-3-7-12(11)14(19)20/h11-12,17H,1-10H2,(H,16,18)(H,19,20)/t11-,12+/m1/s1. The van der Waals surface area contributed by atoms with Gasteiger partial charge in [-0.15, -0.1) is 0 Å². The van der Waals surface area contributed by atoms with Gasteiger partial charge in [0.1, 0.15) is 0 Å². The molecule has 2 fully saturated rings. The van der Waals surface area contributed by atoms with Gasteiger partial charge in [-0.1, -0.05) is 32.1 Å². The zero-order valence-corrected chi connectivity index (χ0v) is 11.9. The van der Waals surface area contributed by atoms with Gasteiger partial charge in [-0.25, -0.2) is 0 Å². The van der Waals surface area contributed by atoms with E-state index in [0.29, 0.717) is 12.8 Å². The summed E-state index contributed by atoms with van der Waals surface area (Å²) in [7, 11) is 0. The Balaban J connectivity index is 2.03. The number of rotatable bonds is 4. The second-order valence-electron chi connectivity index (χ2n) is 6.32. The number of carboxylic acids is 1. The molecule has 0 aromatic heterocycles. The number of amides is 1. The minimum absolute atomic E-state index is 0.0524. The minimum Gasteiger partial charge on any atom is -0.481 e. The number of carboxylic acid groups (broad SMARTS) is 1. The first-order chi connectivity index (χ1) is 9.58. The van der Waals surface area contributed by atoms with Crippen LogP contribution in [0.2, 0.25) is 0 Å². The first kappa shape index (κ1) is 15.3. The molecular weight excluding hydrogens is 258 g/mol. The van der Waals surface area contributed by atoms with Crippen molar-refractivity contribution in [3.05, 3.63) is 0 Å². The van der Waals surface area contributed by atoms with Gasteiger partial charge in [-0.2, -0.15) is 0 Å². The Morgan fingerprint density at radius 2 is 1.60 bits per heavy atom. The van der Waals surface area contributed by atoms with Gasteiger partial charge in [0.2, 0.25) is 5.91 Å². The smallest absolute Gasteiger partial charge is 0.307 e. The van der Waals surface area contributed by atoms with Crippen LogP contribution in [0.4, 0.5) is 0 Å². The van der Waals surface area contributed by atoms with Crippen LogP contribution in [0.1, 0.15) is 57.8 Å². The summed E-state index contributed by atoms with van der Waals surface area (Å²) in [4.78, 5) is 23.7. The fraction of sp³-hybridized carbons (Fsp3) is 0.867. The third kappa shape index (κ3) is 3.32. The first-order valence-electron chi connectivity index (χ1n) is 7.74.